The van der Waals surface area contributed by atoms with Crippen LogP contribution in [0, 0.1) is 12.8 Å². The maximum absolute atomic E-state index is 12.9. The highest BCUT2D eigenvalue weighted by Crippen LogP contribution is 2.28. The van der Waals surface area contributed by atoms with Gasteiger partial charge in [0.05, 0.1) is 20.1 Å². The number of hydrogen-bond donors (Lipinski definition) is 0. The third-order valence-corrected chi connectivity index (χ3v) is 7.78. The Balaban J connectivity index is 2.16. The molecule has 0 saturated carbocycles. The molecule has 156 valence electrons. The lowest BCUT2D eigenvalue weighted by molar-refractivity contribution is -0.154. The molecule has 0 radical (unpaired) electrons. The maximum atomic E-state index is 12.9. The van der Waals surface area contributed by atoms with Crippen molar-refractivity contribution >= 4 is 39.2 Å². The quantitative estimate of drug-likeness (QED) is 0.581. The van der Waals surface area contributed by atoms with E-state index in [1.165, 1.54) is 29.9 Å². The molecule has 0 aliphatic carbocycles. The van der Waals surface area contributed by atoms with Crippen LogP contribution in [0.4, 0.5) is 0 Å². The average molecular weight is 433 g/mol. The molecule has 1 amide bonds. The number of carbonyl (C=O) groups is 3. The molecule has 1 aromatic heterocycles. The summed E-state index contributed by atoms with van der Waals surface area (Å²) in [7, 11) is -1.33. The SMILES string of the molecule is COC(=O)CN(CC(=O)OC)C(=O)C1CCCN(S(=O)(=O)c2ccc(C)s2)C1. The van der Waals surface area contributed by atoms with Gasteiger partial charge in [0.1, 0.15) is 17.3 Å². The van der Waals surface area contributed by atoms with Crippen molar-refractivity contribution in [3.63, 3.8) is 0 Å². The smallest absolute Gasteiger partial charge is 0.325 e. The van der Waals surface area contributed by atoms with E-state index in [4.69, 9.17) is 0 Å². The van der Waals surface area contributed by atoms with E-state index >= 15 is 0 Å². The number of hydrogen-bond acceptors (Lipinski definition) is 8. The number of carbonyl (C=O) groups excluding carboxylic acids is 3. The summed E-state index contributed by atoms with van der Waals surface area (Å²) in [4.78, 5) is 38.1. The molecule has 28 heavy (non-hydrogen) atoms. The zero-order chi connectivity index (χ0) is 20.9. The average Bonchev–Trinajstić information content (AvgIpc) is 3.13. The van der Waals surface area contributed by atoms with Crippen molar-refractivity contribution in [1.82, 2.24) is 9.21 Å². The first-order valence-corrected chi connectivity index (χ1v) is 10.9. The Kier molecular flexibility index (Phi) is 7.55. The van der Waals surface area contributed by atoms with Crippen LogP contribution >= 0.6 is 11.3 Å². The summed E-state index contributed by atoms with van der Waals surface area (Å²) in [5.74, 6) is -2.48. The van der Waals surface area contributed by atoms with Gasteiger partial charge in [-0.25, -0.2) is 8.42 Å². The van der Waals surface area contributed by atoms with Crippen LogP contribution in [0.2, 0.25) is 0 Å². The molecule has 1 aliphatic rings. The molecule has 0 spiro atoms. The van der Waals surface area contributed by atoms with Crippen LogP contribution in [-0.4, -0.2) is 75.9 Å². The highest BCUT2D eigenvalue weighted by Gasteiger charge is 2.36. The number of methoxy groups -OCH3 is 2. The minimum absolute atomic E-state index is 0.00302. The number of amides is 1. The van der Waals surface area contributed by atoms with Gasteiger partial charge in [-0.05, 0) is 31.9 Å². The molecular formula is C17H24N2O7S2. The Morgan fingerprint density at radius 2 is 1.79 bits per heavy atom. The highest BCUT2D eigenvalue weighted by molar-refractivity contribution is 7.91. The van der Waals surface area contributed by atoms with E-state index < -0.39 is 46.9 Å². The van der Waals surface area contributed by atoms with Gasteiger partial charge in [-0.2, -0.15) is 4.31 Å². The summed E-state index contributed by atoms with van der Waals surface area (Å²) in [5.41, 5.74) is 0. The number of sulfonamides is 1. The molecule has 0 bridgehead atoms. The monoisotopic (exact) mass is 432 g/mol. The summed E-state index contributed by atoms with van der Waals surface area (Å²) in [6.45, 7) is 1.33. The van der Waals surface area contributed by atoms with E-state index in [0.29, 0.717) is 19.4 Å². The zero-order valence-corrected chi connectivity index (χ0v) is 17.7. The van der Waals surface area contributed by atoms with E-state index in [-0.39, 0.29) is 10.8 Å². The molecule has 1 aromatic rings. The topological polar surface area (TPSA) is 110 Å². The molecule has 2 heterocycles. The second-order valence-corrected chi connectivity index (χ2v) is 9.87. The lowest BCUT2D eigenvalue weighted by atomic mass is 9.98. The van der Waals surface area contributed by atoms with Crippen molar-refractivity contribution in [2.24, 2.45) is 5.92 Å². The van der Waals surface area contributed by atoms with E-state index in [0.717, 1.165) is 9.78 Å². The molecular weight excluding hydrogens is 408 g/mol. The Hall–Kier alpha value is -1.98. The molecule has 1 atom stereocenters. The molecule has 2 rings (SSSR count). The van der Waals surface area contributed by atoms with Crippen molar-refractivity contribution in [3.05, 3.63) is 17.0 Å². The van der Waals surface area contributed by atoms with Crippen molar-refractivity contribution in [3.8, 4) is 0 Å². The van der Waals surface area contributed by atoms with Gasteiger partial charge in [0.2, 0.25) is 5.91 Å². The first-order valence-electron chi connectivity index (χ1n) is 8.68. The zero-order valence-electron chi connectivity index (χ0n) is 16.0. The van der Waals surface area contributed by atoms with E-state index in [2.05, 4.69) is 9.47 Å². The van der Waals surface area contributed by atoms with Crippen molar-refractivity contribution in [2.75, 3.05) is 40.4 Å². The van der Waals surface area contributed by atoms with Gasteiger partial charge in [-0.1, -0.05) is 0 Å². The lowest BCUT2D eigenvalue weighted by Gasteiger charge is -2.33. The molecule has 1 unspecified atom stereocenters. The molecule has 9 nitrogen and oxygen atoms in total. The minimum Gasteiger partial charge on any atom is -0.468 e. The molecule has 1 fully saturated rings. The third-order valence-electron chi connectivity index (χ3n) is 4.45. The Morgan fingerprint density at radius 1 is 1.18 bits per heavy atom. The van der Waals surface area contributed by atoms with Gasteiger partial charge in [0, 0.05) is 18.0 Å². The number of nitrogens with zero attached hydrogens (tertiary/aromatic N) is 2. The van der Waals surface area contributed by atoms with Crippen LogP contribution in [0.25, 0.3) is 0 Å². The van der Waals surface area contributed by atoms with Crippen molar-refractivity contribution in [1.29, 1.82) is 0 Å². The van der Waals surface area contributed by atoms with Crippen LogP contribution < -0.4 is 0 Å². The fraction of sp³-hybridized carbons (Fsp3) is 0.588. The van der Waals surface area contributed by atoms with Gasteiger partial charge in [-0.15, -0.1) is 11.3 Å². The van der Waals surface area contributed by atoms with Gasteiger partial charge in [0.25, 0.3) is 10.0 Å². The first-order chi connectivity index (χ1) is 13.2. The van der Waals surface area contributed by atoms with E-state index in [9.17, 15) is 22.8 Å². The van der Waals surface area contributed by atoms with Crippen LogP contribution in [-0.2, 0) is 33.9 Å². The normalized spacial score (nSPS) is 17.8. The summed E-state index contributed by atoms with van der Waals surface area (Å²) >= 11 is 1.18. The predicted molar refractivity (Wildman–Crippen MR) is 101 cm³/mol. The fourth-order valence-corrected chi connectivity index (χ4v) is 5.91. The van der Waals surface area contributed by atoms with Crippen molar-refractivity contribution in [2.45, 2.75) is 24.0 Å². The van der Waals surface area contributed by atoms with Crippen LogP contribution in [0.3, 0.4) is 0 Å². The second-order valence-electron chi connectivity index (χ2n) is 6.41. The largest absolute Gasteiger partial charge is 0.468 e. The minimum atomic E-state index is -3.69. The second kappa shape index (κ2) is 9.48. The molecule has 0 aromatic carbocycles. The predicted octanol–water partition coefficient (Wildman–Crippen LogP) is 0.632. The Morgan fingerprint density at radius 3 is 2.29 bits per heavy atom. The van der Waals surface area contributed by atoms with Crippen LogP contribution in [0.1, 0.15) is 17.7 Å². The van der Waals surface area contributed by atoms with Crippen LogP contribution in [0.15, 0.2) is 16.3 Å². The summed E-state index contributed by atoms with van der Waals surface area (Å²) in [6, 6.07) is 3.29. The van der Waals surface area contributed by atoms with E-state index in [1.807, 2.05) is 6.92 Å². The van der Waals surface area contributed by atoms with Gasteiger partial charge < -0.3 is 14.4 Å². The summed E-state index contributed by atoms with van der Waals surface area (Å²) in [6.07, 6.45) is 0.970. The first kappa shape index (κ1) is 22.3. The van der Waals surface area contributed by atoms with E-state index in [1.54, 1.807) is 12.1 Å². The summed E-state index contributed by atoms with van der Waals surface area (Å²) in [5, 5.41) is 0. The van der Waals surface area contributed by atoms with Crippen molar-refractivity contribution < 1.29 is 32.3 Å². The molecule has 1 aliphatic heterocycles. The number of esters is 2. The number of rotatable bonds is 7. The molecule has 0 N–H and O–H groups in total. The maximum Gasteiger partial charge on any atom is 0.325 e. The third kappa shape index (κ3) is 5.30. The standard InChI is InChI=1S/C17H24N2O7S2/c1-12-6-7-16(27-12)28(23,24)19-8-4-5-13(9-19)17(22)18(10-14(20)25-2)11-15(21)26-3/h6-7,13H,4-5,8-11H2,1-3H3. The van der Waals surface area contributed by atoms with Crippen LogP contribution in [0.5, 0.6) is 0 Å². The summed E-state index contributed by atoms with van der Waals surface area (Å²) < 4.78 is 36.4. The molecule has 11 heteroatoms. The Bertz CT molecular complexity index is 816. The number of piperidine rings is 1. The van der Waals surface area contributed by atoms with Gasteiger partial charge >= 0.3 is 11.9 Å². The highest BCUT2D eigenvalue weighted by atomic mass is 32.2. The lowest BCUT2D eigenvalue weighted by Crippen LogP contribution is -2.49. The Labute approximate surface area is 168 Å². The van der Waals surface area contributed by atoms with Gasteiger partial charge in [0.15, 0.2) is 0 Å². The van der Waals surface area contributed by atoms with Gasteiger partial charge in [-0.3, -0.25) is 14.4 Å². The number of ether oxygens (including phenoxy) is 2. The molecule has 1 saturated heterocycles. The number of aryl methyl sites for hydroxylation is 1. The number of thiophene rings is 1. The fourth-order valence-electron chi connectivity index (χ4n) is 2.95.